The quantitative estimate of drug-likeness (QED) is 0.710. The van der Waals surface area contributed by atoms with Gasteiger partial charge in [-0.05, 0) is 49.2 Å². The standard InChI is InChI=1S/C23H23N3O3/c1-14(2)21-20(15(3)25-29-21)22(27)24-18-9-10-19-17(13-18)11-12-26(19)23(28)16-7-5-4-6-8-16/h4-10,13-14H,11-12H2,1-3H3,(H,24,27). The summed E-state index contributed by atoms with van der Waals surface area (Å²) < 4.78 is 5.32. The van der Waals surface area contributed by atoms with Gasteiger partial charge in [-0.1, -0.05) is 37.2 Å². The molecule has 1 aliphatic rings. The van der Waals surface area contributed by atoms with Crippen molar-refractivity contribution in [3.8, 4) is 0 Å². The number of hydrogen-bond acceptors (Lipinski definition) is 4. The van der Waals surface area contributed by atoms with Gasteiger partial charge in [0.25, 0.3) is 11.8 Å². The molecule has 0 fully saturated rings. The third kappa shape index (κ3) is 3.53. The molecule has 6 heteroatoms. The second-order valence-corrected chi connectivity index (χ2v) is 7.53. The molecular formula is C23H23N3O3. The fraction of sp³-hybridized carbons (Fsp3) is 0.261. The summed E-state index contributed by atoms with van der Waals surface area (Å²) in [5, 5.41) is 6.88. The molecule has 6 nitrogen and oxygen atoms in total. The van der Waals surface area contributed by atoms with Crippen LogP contribution in [0.25, 0.3) is 0 Å². The Morgan fingerprint density at radius 1 is 1.14 bits per heavy atom. The predicted octanol–water partition coefficient (Wildman–Crippen LogP) is 4.56. The highest BCUT2D eigenvalue weighted by molar-refractivity contribution is 6.08. The molecular weight excluding hydrogens is 366 g/mol. The summed E-state index contributed by atoms with van der Waals surface area (Å²) in [7, 11) is 0. The smallest absolute Gasteiger partial charge is 0.261 e. The van der Waals surface area contributed by atoms with Crippen molar-refractivity contribution in [3.63, 3.8) is 0 Å². The largest absolute Gasteiger partial charge is 0.360 e. The average molecular weight is 389 g/mol. The number of carbonyl (C=O) groups excluding carboxylic acids is 2. The third-order valence-corrected chi connectivity index (χ3v) is 5.14. The van der Waals surface area contributed by atoms with Crippen molar-refractivity contribution < 1.29 is 14.1 Å². The van der Waals surface area contributed by atoms with Gasteiger partial charge in [-0.25, -0.2) is 0 Å². The monoisotopic (exact) mass is 389 g/mol. The van der Waals surface area contributed by atoms with Crippen LogP contribution < -0.4 is 10.2 Å². The number of anilines is 2. The van der Waals surface area contributed by atoms with Crippen LogP contribution >= 0.6 is 0 Å². The second kappa shape index (κ2) is 7.54. The lowest BCUT2D eigenvalue weighted by atomic mass is 10.0. The molecule has 1 aliphatic heterocycles. The van der Waals surface area contributed by atoms with Gasteiger partial charge in [0, 0.05) is 29.4 Å². The molecule has 0 aliphatic carbocycles. The lowest BCUT2D eigenvalue weighted by Gasteiger charge is -2.17. The molecule has 0 saturated heterocycles. The van der Waals surface area contributed by atoms with Gasteiger partial charge < -0.3 is 14.7 Å². The lowest BCUT2D eigenvalue weighted by Crippen LogP contribution is -2.28. The first-order chi connectivity index (χ1) is 14.0. The molecule has 0 spiro atoms. The van der Waals surface area contributed by atoms with Crippen molar-refractivity contribution in [1.29, 1.82) is 0 Å². The molecule has 29 heavy (non-hydrogen) atoms. The van der Waals surface area contributed by atoms with Crippen LogP contribution in [0.15, 0.2) is 53.1 Å². The molecule has 0 unspecified atom stereocenters. The molecule has 2 amide bonds. The molecule has 1 aromatic heterocycles. The van der Waals surface area contributed by atoms with Gasteiger partial charge in [0.15, 0.2) is 5.76 Å². The first kappa shape index (κ1) is 18.9. The number of aryl methyl sites for hydroxylation is 1. The van der Waals surface area contributed by atoms with Crippen LogP contribution in [0.5, 0.6) is 0 Å². The zero-order chi connectivity index (χ0) is 20.5. The molecule has 3 aromatic rings. The second-order valence-electron chi connectivity index (χ2n) is 7.53. The first-order valence-electron chi connectivity index (χ1n) is 9.73. The number of benzene rings is 2. The number of nitrogens with one attached hydrogen (secondary N) is 1. The number of carbonyl (C=O) groups is 2. The van der Waals surface area contributed by atoms with Gasteiger partial charge >= 0.3 is 0 Å². The predicted molar refractivity (Wildman–Crippen MR) is 112 cm³/mol. The van der Waals surface area contributed by atoms with E-state index < -0.39 is 0 Å². The van der Waals surface area contributed by atoms with E-state index in [2.05, 4.69) is 10.5 Å². The van der Waals surface area contributed by atoms with Gasteiger partial charge in [0.2, 0.25) is 0 Å². The van der Waals surface area contributed by atoms with E-state index in [9.17, 15) is 9.59 Å². The van der Waals surface area contributed by atoms with Crippen molar-refractivity contribution in [2.45, 2.75) is 33.1 Å². The highest BCUT2D eigenvalue weighted by Crippen LogP contribution is 2.32. The third-order valence-electron chi connectivity index (χ3n) is 5.14. The van der Waals surface area contributed by atoms with Crippen LogP contribution in [0.4, 0.5) is 11.4 Å². The van der Waals surface area contributed by atoms with Crippen LogP contribution in [0.2, 0.25) is 0 Å². The Morgan fingerprint density at radius 3 is 2.62 bits per heavy atom. The van der Waals surface area contributed by atoms with Gasteiger partial charge in [-0.2, -0.15) is 0 Å². The molecule has 0 radical (unpaired) electrons. The van der Waals surface area contributed by atoms with E-state index in [4.69, 9.17) is 4.52 Å². The number of rotatable bonds is 4. The number of aromatic nitrogens is 1. The first-order valence-corrected chi connectivity index (χ1v) is 9.73. The average Bonchev–Trinajstić information content (AvgIpc) is 3.31. The topological polar surface area (TPSA) is 75.4 Å². The van der Waals surface area contributed by atoms with Crippen molar-refractivity contribution in [2.75, 3.05) is 16.8 Å². The Labute approximate surface area is 169 Å². The Balaban J connectivity index is 1.55. The summed E-state index contributed by atoms with van der Waals surface area (Å²) in [5.74, 6) is 0.403. The lowest BCUT2D eigenvalue weighted by molar-refractivity contribution is 0.0987. The number of fused-ring (bicyclic) bond motifs is 1. The number of nitrogens with zero attached hydrogens (tertiary/aromatic N) is 2. The molecule has 1 N–H and O–H groups in total. The van der Waals surface area contributed by atoms with E-state index in [1.54, 1.807) is 11.8 Å². The SMILES string of the molecule is Cc1noc(C(C)C)c1C(=O)Nc1ccc2c(c1)CCN2C(=O)c1ccccc1. The van der Waals surface area contributed by atoms with Gasteiger partial charge in [-0.3, -0.25) is 9.59 Å². The molecule has 4 rings (SSSR count). The minimum absolute atomic E-state index is 0.0113. The summed E-state index contributed by atoms with van der Waals surface area (Å²) in [6.45, 7) is 6.32. The van der Waals surface area contributed by atoms with E-state index in [0.29, 0.717) is 34.8 Å². The fourth-order valence-electron chi connectivity index (χ4n) is 3.68. The maximum absolute atomic E-state index is 12.8. The van der Waals surface area contributed by atoms with Crippen molar-refractivity contribution in [2.24, 2.45) is 0 Å². The van der Waals surface area contributed by atoms with Crippen LogP contribution in [-0.4, -0.2) is 23.5 Å². The van der Waals surface area contributed by atoms with Crippen molar-refractivity contribution in [1.82, 2.24) is 5.16 Å². The van der Waals surface area contributed by atoms with Crippen LogP contribution in [0.1, 0.15) is 57.5 Å². The van der Waals surface area contributed by atoms with E-state index in [1.165, 1.54) is 0 Å². The maximum Gasteiger partial charge on any atom is 0.261 e. The molecule has 0 atom stereocenters. The normalized spacial score (nSPS) is 12.9. The van der Waals surface area contributed by atoms with E-state index in [1.807, 2.05) is 62.4 Å². The van der Waals surface area contributed by atoms with Gasteiger partial charge in [0.05, 0.1) is 5.69 Å². The summed E-state index contributed by atoms with van der Waals surface area (Å²) >= 11 is 0. The number of amides is 2. The van der Waals surface area contributed by atoms with Crippen molar-refractivity contribution in [3.05, 3.63) is 76.7 Å². The van der Waals surface area contributed by atoms with Crippen LogP contribution in [0.3, 0.4) is 0 Å². The number of hydrogen-bond donors (Lipinski definition) is 1. The molecule has 2 aromatic carbocycles. The zero-order valence-corrected chi connectivity index (χ0v) is 16.7. The van der Waals surface area contributed by atoms with Crippen LogP contribution in [-0.2, 0) is 6.42 Å². The van der Waals surface area contributed by atoms with E-state index in [-0.39, 0.29) is 17.7 Å². The Hall–Kier alpha value is -3.41. The van der Waals surface area contributed by atoms with E-state index >= 15 is 0 Å². The fourth-order valence-corrected chi connectivity index (χ4v) is 3.68. The molecule has 0 bridgehead atoms. The highest BCUT2D eigenvalue weighted by Gasteiger charge is 2.27. The minimum Gasteiger partial charge on any atom is -0.360 e. The molecule has 2 heterocycles. The summed E-state index contributed by atoms with van der Waals surface area (Å²) in [6.07, 6.45) is 0.751. The van der Waals surface area contributed by atoms with Gasteiger partial charge in [-0.15, -0.1) is 0 Å². The highest BCUT2D eigenvalue weighted by atomic mass is 16.5. The Bertz CT molecular complexity index is 1070. The minimum atomic E-state index is -0.234. The van der Waals surface area contributed by atoms with E-state index in [0.717, 1.165) is 17.7 Å². The summed E-state index contributed by atoms with van der Waals surface area (Å²) in [5.41, 5.74) is 4.35. The zero-order valence-electron chi connectivity index (χ0n) is 16.7. The Morgan fingerprint density at radius 2 is 1.90 bits per heavy atom. The summed E-state index contributed by atoms with van der Waals surface area (Å²) in [6, 6.07) is 14.9. The maximum atomic E-state index is 12.8. The van der Waals surface area contributed by atoms with Crippen molar-refractivity contribution >= 4 is 23.2 Å². The van der Waals surface area contributed by atoms with Crippen LogP contribution in [0, 0.1) is 6.92 Å². The summed E-state index contributed by atoms with van der Waals surface area (Å²) in [4.78, 5) is 27.4. The Kier molecular flexibility index (Phi) is 4.92. The van der Waals surface area contributed by atoms with Gasteiger partial charge in [0.1, 0.15) is 5.56 Å². The molecule has 0 saturated carbocycles. The molecule has 148 valence electrons.